The van der Waals surface area contributed by atoms with Gasteiger partial charge in [0.25, 0.3) is 11.8 Å². The van der Waals surface area contributed by atoms with Crippen LogP contribution in [-0.2, 0) is 33.9 Å². The molecule has 48 heavy (non-hydrogen) atoms. The molecule has 0 radical (unpaired) electrons. The zero-order valence-corrected chi connectivity index (χ0v) is 28.4. The molecule has 0 saturated heterocycles. The van der Waals surface area contributed by atoms with Crippen LogP contribution in [0.25, 0.3) is 0 Å². The fraction of sp³-hybridized carbons (Fsp3) is 0.188. The zero-order valence-electron chi connectivity index (χ0n) is 24.6. The van der Waals surface area contributed by atoms with Crippen molar-refractivity contribution in [3.8, 4) is 0 Å². The van der Waals surface area contributed by atoms with Crippen LogP contribution in [0.4, 0.5) is 11.4 Å². The Kier molecular flexibility index (Phi) is 10.1. The number of benzene rings is 4. The number of nitrogens with zero attached hydrogens (tertiary/aromatic N) is 4. The van der Waals surface area contributed by atoms with Crippen molar-refractivity contribution in [2.75, 3.05) is 22.9 Å². The third-order valence-corrected chi connectivity index (χ3v) is 9.34. The molecule has 2 aliphatic rings. The SMILES string of the molecule is O=C1N(Cc2ccccc2Cl)c2ccc(Br)cc2C1(O)C[N+](=O)[O-].O=C1N(Cc2ccccc2Cl)c2ccc(Cl)cc2C1(O)C[N+](=O)[O-]. The number of hydrogen-bond donors (Lipinski definition) is 2. The monoisotopic (exact) mass is 776 g/mol. The van der Waals surface area contributed by atoms with Crippen LogP contribution in [-0.4, -0.2) is 45.0 Å². The summed E-state index contributed by atoms with van der Waals surface area (Å²) in [5.74, 6) is -1.50. The van der Waals surface area contributed by atoms with Crippen LogP contribution in [0.15, 0.2) is 89.4 Å². The molecule has 2 aliphatic heterocycles. The van der Waals surface area contributed by atoms with Crippen LogP contribution in [0.3, 0.4) is 0 Å². The average Bonchev–Trinajstić information content (AvgIpc) is 3.33. The molecular formula is C32H24BrCl3N4O8. The molecular weight excluding hydrogens is 755 g/mol. The number of hydrogen-bond acceptors (Lipinski definition) is 8. The summed E-state index contributed by atoms with van der Waals surface area (Å²) >= 11 is 21.5. The van der Waals surface area contributed by atoms with Gasteiger partial charge < -0.3 is 20.0 Å². The van der Waals surface area contributed by atoms with E-state index in [1.807, 2.05) is 0 Å². The number of carbonyl (C=O) groups is 2. The first-order valence-corrected chi connectivity index (χ1v) is 16.0. The minimum absolute atomic E-state index is 0.0904. The van der Waals surface area contributed by atoms with Crippen LogP contribution in [0.1, 0.15) is 22.3 Å². The molecule has 2 N–H and O–H groups in total. The van der Waals surface area contributed by atoms with Crippen molar-refractivity contribution < 1.29 is 29.6 Å². The summed E-state index contributed by atoms with van der Waals surface area (Å²) in [4.78, 5) is 48.6. The third-order valence-electron chi connectivity index (χ3n) is 7.88. The molecule has 2 heterocycles. The van der Waals surface area contributed by atoms with Crippen molar-refractivity contribution in [3.05, 3.63) is 147 Å². The van der Waals surface area contributed by atoms with Gasteiger partial charge in [-0.15, -0.1) is 0 Å². The lowest BCUT2D eigenvalue weighted by Crippen LogP contribution is -2.44. The Labute approximate surface area is 296 Å². The van der Waals surface area contributed by atoms with Crippen LogP contribution in [0.2, 0.25) is 15.1 Å². The smallest absolute Gasteiger partial charge is 0.271 e. The predicted octanol–water partition coefficient (Wildman–Crippen LogP) is 6.12. The number of amides is 2. The quantitative estimate of drug-likeness (QED) is 0.160. The highest BCUT2D eigenvalue weighted by Gasteiger charge is 2.55. The van der Waals surface area contributed by atoms with Crippen molar-refractivity contribution >= 4 is 73.9 Å². The van der Waals surface area contributed by atoms with Gasteiger partial charge in [0.1, 0.15) is 0 Å². The van der Waals surface area contributed by atoms with Gasteiger partial charge >= 0.3 is 0 Å². The van der Waals surface area contributed by atoms with Gasteiger partial charge in [-0.25, -0.2) is 0 Å². The van der Waals surface area contributed by atoms with E-state index < -0.39 is 46.0 Å². The summed E-state index contributed by atoms with van der Waals surface area (Å²) in [6.45, 7) is -1.62. The number of carbonyl (C=O) groups excluding carboxylic acids is 2. The Morgan fingerprint density at radius 2 is 1.08 bits per heavy atom. The van der Waals surface area contributed by atoms with E-state index >= 15 is 0 Å². The van der Waals surface area contributed by atoms with E-state index in [-0.39, 0.29) is 29.2 Å². The number of nitro groups is 2. The van der Waals surface area contributed by atoms with Gasteiger partial charge in [0, 0.05) is 40.5 Å². The summed E-state index contributed by atoms with van der Waals surface area (Å²) in [5.41, 5.74) is -1.92. The summed E-state index contributed by atoms with van der Waals surface area (Å²) in [6, 6.07) is 23.4. The normalized spacial score (nSPS) is 19.5. The first-order valence-electron chi connectivity index (χ1n) is 14.0. The van der Waals surface area contributed by atoms with Gasteiger partial charge in [0.15, 0.2) is 0 Å². The molecule has 4 aromatic rings. The fourth-order valence-corrected chi connectivity index (χ4v) is 6.56. The first kappa shape index (κ1) is 35.2. The van der Waals surface area contributed by atoms with E-state index in [1.165, 1.54) is 21.9 Å². The lowest BCUT2D eigenvalue weighted by Gasteiger charge is -2.20. The predicted molar refractivity (Wildman–Crippen MR) is 182 cm³/mol. The Morgan fingerprint density at radius 1 is 0.667 bits per heavy atom. The van der Waals surface area contributed by atoms with Crippen molar-refractivity contribution in [3.63, 3.8) is 0 Å². The number of rotatable bonds is 8. The van der Waals surface area contributed by atoms with Crippen LogP contribution in [0.5, 0.6) is 0 Å². The fourth-order valence-electron chi connectivity index (χ4n) is 5.63. The highest BCUT2D eigenvalue weighted by molar-refractivity contribution is 9.10. The largest absolute Gasteiger partial charge is 0.370 e. The molecule has 2 amide bonds. The van der Waals surface area contributed by atoms with Crippen molar-refractivity contribution in [2.45, 2.75) is 24.3 Å². The average molecular weight is 779 g/mol. The standard InChI is InChI=1S/C16H12BrClN2O4.C16H12Cl2N2O4/c2*17-11-5-6-14-12(7-11)16(22,9-20(23)24)15(21)19(14)8-10-3-1-2-4-13(10)18/h2*1-7,22H,8-9H2. The van der Waals surface area contributed by atoms with Gasteiger partial charge in [-0.1, -0.05) is 87.1 Å². The van der Waals surface area contributed by atoms with Crippen LogP contribution < -0.4 is 9.80 Å². The lowest BCUT2D eigenvalue weighted by atomic mass is 9.95. The van der Waals surface area contributed by atoms with E-state index in [1.54, 1.807) is 72.8 Å². The zero-order chi connectivity index (χ0) is 35.0. The Morgan fingerprint density at radius 3 is 1.52 bits per heavy atom. The molecule has 12 nitrogen and oxygen atoms in total. The second-order valence-electron chi connectivity index (χ2n) is 11.0. The Hall–Kier alpha value is -4.11. The minimum Gasteiger partial charge on any atom is -0.370 e. The van der Waals surface area contributed by atoms with Crippen LogP contribution >= 0.6 is 50.7 Å². The van der Waals surface area contributed by atoms with E-state index in [4.69, 9.17) is 34.8 Å². The van der Waals surface area contributed by atoms with Gasteiger partial charge in [-0.3, -0.25) is 29.8 Å². The van der Waals surface area contributed by atoms with E-state index in [9.17, 15) is 40.0 Å². The van der Waals surface area contributed by atoms with Crippen molar-refractivity contribution in [1.29, 1.82) is 0 Å². The number of halogens is 4. The van der Waals surface area contributed by atoms with Crippen LogP contribution in [0, 0.1) is 20.2 Å². The van der Waals surface area contributed by atoms with Gasteiger partial charge in [0.2, 0.25) is 24.3 Å². The molecule has 0 aliphatic carbocycles. The van der Waals surface area contributed by atoms with Gasteiger partial charge in [-0.05, 0) is 59.7 Å². The minimum atomic E-state index is -2.25. The lowest BCUT2D eigenvalue weighted by molar-refractivity contribution is -0.498. The Balaban J connectivity index is 0.000000188. The first-order chi connectivity index (χ1) is 22.7. The maximum Gasteiger partial charge on any atom is 0.271 e. The molecule has 16 heteroatoms. The molecule has 0 aromatic heterocycles. The summed E-state index contributed by atoms with van der Waals surface area (Å²) in [6.07, 6.45) is 0. The molecule has 4 aromatic carbocycles. The maximum atomic E-state index is 12.8. The van der Waals surface area contributed by atoms with Gasteiger partial charge in [0.05, 0.1) is 24.5 Å². The van der Waals surface area contributed by atoms with E-state index in [2.05, 4.69) is 15.9 Å². The topological polar surface area (TPSA) is 167 Å². The molecule has 0 saturated carbocycles. The number of aliphatic hydroxyl groups is 2. The molecule has 248 valence electrons. The van der Waals surface area contributed by atoms with E-state index in [0.29, 0.717) is 37.0 Å². The summed E-state index contributed by atoms with van der Waals surface area (Å²) < 4.78 is 0.621. The molecule has 2 unspecified atom stereocenters. The second-order valence-corrected chi connectivity index (χ2v) is 13.2. The molecule has 0 spiro atoms. The molecule has 2 atom stereocenters. The second kappa shape index (κ2) is 13.8. The highest BCUT2D eigenvalue weighted by atomic mass is 79.9. The molecule has 0 fully saturated rings. The maximum absolute atomic E-state index is 12.8. The molecule has 0 bridgehead atoms. The Bertz CT molecular complexity index is 1830. The van der Waals surface area contributed by atoms with E-state index in [0.717, 1.165) is 0 Å². The number of fused-ring (bicyclic) bond motifs is 2. The summed E-state index contributed by atoms with van der Waals surface area (Å²) in [5, 5.41) is 44.6. The number of anilines is 2. The van der Waals surface area contributed by atoms with Gasteiger partial charge in [-0.2, -0.15) is 0 Å². The van der Waals surface area contributed by atoms with Crippen molar-refractivity contribution in [2.24, 2.45) is 0 Å². The van der Waals surface area contributed by atoms with Crippen molar-refractivity contribution in [1.82, 2.24) is 0 Å². The molecule has 6 rings (SSSR count). The third kappa shape index (κ3) is 6.75. The summed E-state index contributed by atoms with van der Waals surface area (Å²) in [7, 11) is 0. The highest BCUT2D eigenvalue weighted by Crippen LogP contribution is 2.44.